The predicted octanol–water partition coefficient (Wildman–Crippen LogP) is 1.56. The molecule has 0 radical (unpaired) electrons. The van der Waals surface area contributed by atoms with Crippen molar-refractivity contribution in [1.29, 1.82) is 0 Å². The first-order valence-electron chi connectivity index (χ1n) is 5.73. The summed E-state index contributed by atoms with van der Waals surface area (Å²) in [4.78, 5) is 11.8. The molecule has 1 fully saturated rings. The van der Waals surface area contributed by atoms with E-state index in [2.05, 4.69) is 33.0 Å². The number of aliphatic hydroxyl groups is 1. The third kappa shape index (κ3) is 2.71. The Hall–Kier alpha value is -0.570. The molecule has 2 N–H and O–H groups in total. The first kappa shape index (κ1) is 12.5. The summed E-state index contributed by atoms with van der Waals surface area (Å²) in [7, 11) is 0. The van der Waals surface area contributed by atoms with Gasteiger partial charge in [-0.3, -0.25) is 4.79 Å². The van der Waals surface area contributed by atoms with Gasteiger partial charge >= 0.3 is 0 Å². The highest BCUT2D eigenvalue weighted by molar-refractivity contribution is 5.85. The fourth-order valence-electron chi connectivity index (χ4n) is 1.31. The van der Waals surface area contributed by atoms with Gasteiger partial charge in [0.1, 0.15) is 0 Å². The number of amides is 1. The highest BCUT2D eigenvalue weighted by Crippen LogP contribution is 2.45. The Kier molecular flexibility index (Phi) is 3.44. The molecule has 0 aliphatic heterocycles. The molecule has 0 bridgehead atoms. The summed E-state index contributed by atoms with van der Waals surface area (Å²) in [5.41, 5.74) is -0.325. The number of nitrogens with one attached hydrogen (secondary N) is 1. The molecule has 3 nitrogen and oxygen atoms in total. The third-order valence-corrected chi connectivity index (χ3v) is 3.91. The lowest BCUT2D eigenvalue weighted by molar-refractivity contribution is -0.128. The Balaban J connectivity index is 2.41. The maximum Gasteiger partial charge on any atom is 0.228 e. The molecule has 1 amide bonds. The highest BCUT2D eigenvalue weighted by atomic mass is 16.3. The van der Waals surface area contributed by atoms with Crippen molar-refractivity contribution in [3.05, 3.63) is 0 Å². The lowest BCUT2D eigenvalue weighted by atomic mass is 9.81. The molecule has 0 aromatic carbocycles. The van der Waals surface area contributed by atoms with Gasteiger partial charge in [-0.05, 0) is 24.2 Å². The van der Waals surface area contributed by atoms with E-state index in [4.69, 9.17) is 5.11 Å². The maximum atomic E-state index is 11.8. The van der Waals surface area contributed by atoms with Gasteiger partial charge in [0, 0.05) is 6.54 Å². The Morgan fingerprint density at radius 1 is 1.47 bits per heavy atom. The largest absolute Gasteiger partial charge is 0.395 e. The lowest BCUT2D eigenvalue weighted by Crippen LogP contribution is -2.41. The van der Waals surface area contributed by atoms with Crippen LogP contribution in [0.3, 0.4) is 0 Å². The minimum absolute atomic E-state index is 0.0130. The van der Waals surface area contributed by atoms with E-state index in [0.717, 1.165) is 12.8 Å². The molecule has 0 spiro atoms. The minimum Gasteiger partial charge on any atom is -0.395 e. The molecule has 0 atom stereocenters. The molecule has 0 aromatic rings. The van der Waals surface area contributed by atoms with E-state index in [1.807, 2.05) is 0 Å². The van der Waals surface area contributed by atoms with Crippen LogP contribution in [0.5, 0.6) is 0 Å². The third-order valence-electron chi connectivity index (χ3n) is 3.91. The van der Waals surface area contributed by atoms with E-state index in [1.54, 1.807) is 0 Å². The normalized spacial score (nSPS) is 19.1. The quantitative estimate of drug-likeness (QED) is 0.728. The van der Waals surface area contributed by atoms with Gasteiger partial charge in [0.2, 0.25) is 5.91 Å². The van der Waals surface area contributed by atoms with Crippen LogP contribution in [-0.4, -0.2) is 24.2 Å². The number of rotatable bonds is 5. The average Bonchev–Trinajstić information content (AvgIpc) is 2.94. The van der Waals surface area contributed by atoms with E-state index in [1.165, 1.54) is 0 Å². The van der Waals surface area contributed by atoms with E-state index >= 15 is 0 Å². The van der Waals surface area contributed by atoms with Gasteiger partial charge in [-0.2, -0.15) is 0 Å². The van der Waals surface area contributed by atoms with Crippen LogP contribution in [0.2, 0.25) is 0 Å². The van der Waals surface area contributed by atoms with Crippen LogP contribution < -0.4 is 5.32 Å². The molecule has 0 unspecified atom stereocenters. The van der Waals surface area contributed by atoms with Gasteiger partial charge in [0.25, 0.3) is 0 Å². The SMILES string of the molecule is CC(C)C(C)(C)CNC(=O)C1(CO)CC1. The van der Waals surface area contributed by atoms with Crippen LogP contribution in [0.4, 0.5) is 0 Å². The van der Waals surface area contributed by atoms with Crippen molar-refractivity contribution in [3.63, 3.8) is 0 Å². The van der Waals surface area contributed by atoms with Crippen LogP contribution in [0.1, 0.15) is 40.5 Å². The summed E-state index contributed by atoms with van der Waals surface area (Å²) in [5, 5.41) is 12.1. The lowest BCUT2D eigenvalue weighted by Gasteiger charge is -2.30. The van der Waals surface area contributed by atoms with E-state index < -0.39 is 5.41 Å². The van der Waals surface area contributed by atoms with Crippen LogP contribution in [0.15, 0.2) is 0 Å². The van der Waals surface area contributed by atoms with Crippen molar-refractivity contribution in [2.45, 2.75) is 40.5 Å². The summed E-state index contributed by atoms with van der Waals surface area (Å²) >= 11 is 0. The predicted molar refractivity (Wildman–Crippen MR) is 60.4 cm³/mol. The number of carbonyl (C=O) groups excluding carboxylic acids is 1. The molecule has 0 aromatic heterocycles. The Bertz CT molecular complexity index is 242. The standard InChI is InChI=1S/C12H23NO2/c1-9(2)11(3,4)7-13-10(15)12(8-14)5-6-12/h9,14H,5-8H2,1-4H3,(H,13,15). The van der Waals surface area contributed by atoms with Crippen molar-refractivity contribution in [2.75, 3.05) is 13.2 Å². The van der Waals surface area contributed by atoms with E-state index in [9.17, 15) is 4.79 Å². The molecule has 3 heteroatoms. The van der Waals surface area contributed by atoms with Gasteiger partial charge in [-0.15, -0.1) is 0 Å². The Morgan fingerprint density at radius 2 is 2.00 bits per heavy atom. The van der Waals surface area contributed by atoms with Gasteiger partial charge in [0.05, 0.1) is 12.0 Å². The summed E-state index contributed by atoms with van der Waals surface area (Å²) in [6, 6.07) is 0. The van der Waals surface area contributed by atoms with E-state index in [0.29, 0.717) is 12.5 Å². The van der Waals surface area contributed by atoms with E-state index in [-0.39, 0.29) is 17.9 Å². The second-order valence-corrected chi connectivity index (χ2v) is 5.76. The average molecular weight is 213 g/mol. The molecule has 1 aliphatic rings. The van der Waals surface area contributed by atoms with Crippen molar-refractivity contribution in [3.8, 4) is 0 Å². The summed E-state index contributed by atoms with van der Waals surface area (Å²) in [5.74, 6) is 0.556. The topological polar surface area (TPSA) is 49.3 Å². The van der Waals surface area contributed by atoms with Crippen LogP contribution in [0.25, 0.3) is 0 Å². The number of hydrogen-bond acceptors (Lipinski definition) is 2. The Morgan fingerprint density at radius 3 is 2.33 bits per heavy atom. The molecule has 0 heterocycles. The minimum atomic E-state index is -0.437. The molecular formula is C12H23NO2. The van der Waals surface area contributed by atoms with Crippen LogP contribution in [0, 0.1) is 16.7 Å². The Labute approximate surface area is 92.3 Å². The number of hydrogen-bond donors (Lipinski definition) is 2. The van der Waals surface area contributed by atoms with Gasteiger partial charge in [0.15, 0.2) is 0 Å². The monoisotopic (exact) mass is 213 g/mol. The molecule has 0 saturated heterocycles. The maximum absolute atomic E-state index is 11.8. The molecule has 1 saturated carbocycles. The van der Waals surface area contributed by atoms with Gasteiger partial charge in [-0.1, -0.05) is 27.7 Å². The van der Waals surface area contributed by atoms with Gasteiger partial charge in [-0.25, -0.2) is 0 Å². The fraction of sp³-hybridized carbons (Fsp3) is 0.917. The zero-order valence-corrected chi connectivity index (χ0v) is 10.3. The second kappa shape index (κ2) is 4.12. The molecule has 15 heavy (non-hydrogen) atoms. The summed E-state index contributed by atoms with van der Waals surface area (Å²) in [6.45, 7) is 9.29. The zero-order valence-electron chi connectivity index (χ0n) is 10.3. The smallest absolute Gasteiger partial charge is 0.228 e. The second-order valence-electron chi connectivity index (χ2n) is 5.76. The number of aliphatic hydroxyl groups excluding tert-OH is 1. The van der Waals surface area contributed by atoms with Crippen LogP contribution in [-0.2, 0) is 4.79 Å². The highest BCUT2D eigenvalue weighted by Gasteiger charge is 2.49. The van der Waals surface area contributed by atoms with Crippen molar-refractivity contribution < 1.29 is 9.90 Å². The van der Waals surface area contributed by atoms with Gasteiger partial charge < -0.3 is 10.4 Å². The summed E-state index contributed by atoms with van der Waals surface area (Å²) in [6.07, 6.45) is 1.66. The van der Waals surface area contributed by atoms with Crippen molar-refractivity contribution in [2.24, 2.45) is 16.7 Å². The van der Waals surface area contributed by atoms with Crippen molar-refractivity contribution in [1.82, 2.24) is 5.32 Å². The fourth-order valence-corrected chi connectivity index (χ4v) is 1.31. The molecule has 88 valence electrons. The molecule has 1 rings (SSSR count). The number of carbonyl (C=O) groups is 1. The van der Waals surface area contributed by atoms with Crippen molar-refractivity contribution >= 4 is 5.91 Å². The first-order chi connectivity index (χ1) is 6.84. The van der Waals surface area contributed by atoms with Crippen LogP contribution >= 0.6 is 0 Å². The molecule has 1 aliphatic carbocycles. The first-order valence-corrected chi connectivity index (χ1v) is 5.73. The summed E-state index contributed by atoms with van der Waals surface area (Å²) < 4.78 is 0. The molecular weight excluding hydrogens is 190 g/mol. The zero-order chi connectivity index (χ0) is 11.7.